The number of aliphatic hydroxyl groups excluding tert-OH is 1. The minimum absolute atomic E-state index is 0.211. The summed E-state index contributed by atoms with van der Waals surface area (Å²) in [5.74, 6) is 1.41. The maximum Gasteiger partial charge on any atom is 0.222 e. The molecule has 2 atom stereocenters. The molecule has 0 aromatic heterocycles. The highest BCUT2D eigenvalue weighted by molar-refractivity contribution is 6.30. The molecule has 2 unspecified atom stereocenters. The van der Waals surface area contributed by atoms with Crippen molar-refractivity contribution >= 4 is 17.5 Å². The lowest BCUT2D eigenvalue weighted by molar-refractivity contribution is -0.134. The van der Waals surface area contributed by atoms with Crippen LogP contribution in [0.15, 0.2) is 24.3 Å². The Morgan fingerprint density at radius 2 is 1.78 bits per heavy atom. The summed E-state index contributed by atoms with van der Waals surface area (Å²) < 4.78 is 0. The maximum absolute atomic E-state index is 12.3. The number of nitrogens with zero attached hydrogens (tertiary/aromatic N) is 1. The summed E-state index contributed by atoms with van der Waals surface area (Å²) in [5, 5.41) is 11.2. The summed E-state index contributed by atoms with van der Waals surface area (Å²) in [5.41, 5.74) is 0.910. The van der Waals surface area contributed by atoms with E-state index in [9.17, 15) is 9.90 Å². The van der Waals surface area contributed by atoms with Gasteiger partial charge in [-0.1, -0.05) is 44.5 Å². The van der Waals surface area contributed by atoms with Gasteiger partial charge < -0.3 is 10.0 Å². The predicted octanol–water partition coefficient (Wildman–Crippen LogP) is 4.29. The quantitative estimate of drug-likeness (QED) is 0.870. The van der Waals surface area contributed by atoms with Crippen LogP contribution in [0.2, 0.25) is 5.02 Å². The first kappa shape index (κ1) is 18.3. The Morgan fingerprint density at radius 1 is 1.22 bits per heavy atom. The molecular formula is C19H28ClNO2. The molecule has 0 spiro atoms. The number of piperidine rings is 1. The average Bonchev–Trinajstić information content (AvgIpc) is 2.55. The normalized spacial score (nSPS) is 19.0. The van der Waals surface area contributed by atoms with Crippen LogP contribution < -0.4 is 0 Å². The van der Waals surface area contributed by atoms with Crippen LogP contribution in [0.25, 0.3) is 0 Å². The highest BCUT2D eigenvalue weighted by Crippen LogP contribution is 2.31. The van der Waals surface area contributed by atoms with E-state index in [2.05, 4.69) is 20.8 Å². The van der Waals surface area contributed by atoms with Crippen LogP contribution in [0, 0.1) is 17.8 Å². The third kappa shape index (κ3) is 4.95. The minimum atomic E-state index is -0.473. The van der Waals surface area contributed by atoms with E-state index in [1.807, 2.05) is 29.2 Å². The van der Waals surface area contributed by atoms with Crippen LogP contribution in [0.4, 0.5) is 0 Å². The molecule has 0 radical (unpaired) electrons. The molecule has 1 heterocycles. The number of amides is 1. The molecule has 128 valence electrons. The van der Waals surface area contributed by atoms with Gasteiger partial charge in [0.15, 0.2) is 0 Å². The zero-order valence-corrected chi connectivity index (χ0v) is 15.1. The molecular weight excluding hydrogens is 310 g/mol. The van der Waals surface area contributed by atoms with Gasteiger partial charge >= 0.3 is 0 Å². The SMILES string of the molecule is CC(C)C(C)CC(=O)N1CCC(C(O)c2ccc(Cl)cc2)CC1. The Labute approximate surface area is 144 Å². The second kappa shape index (κ2) is 8.16. The van der Waals surface area contributed by atoms with Gasteiger partial charge in [-0.2, -0.15) is 0 Å². The molecule has 4 heteroatoms. The first-order valence-electron chi connectivity index (χ1n) is 8.59. The van der Waals surface area contributed by atoms with Gasteiger partial charge in [-0.25, -0.2) is 0 Å². The molecule has 1 aromatic carbocycles. The van der Waals surface area contributed by atoms with Crippen molar-refractivity contribution in [3.05, 3.63) is 34.9 Å². The third-order valence-electron chi connectivity index (χ3n) is 5.19. The topological polar surface area (TPSA) is 40.5 Å². The summed E-state index contributed by atoms with van der Waals surface area (Å²) in [6.45, 7) is 7.96. The van der Waals surface area contributed by atoms with Gasteiger partial charge in [-0.3, -0.25) is 4.79 Å². The fraction of sp³-hybridized carbons (Fsp3) is 0.632. The highest BCUT2D eigenvalue weighted by atomic mass is 35.5. The number of carbonyl (C=O) groups excluding carboxylic acids is 1. The monoisotopic (exact) mass is 337 g/mol. The molecule has 1 N–H and O–H groups in total. The molecule has 3 nitrogen and oxygen atoms in total. The third-order valence-corrected chi connectivity index (χ3v) is 5.44. The van der Waals surface area contributed by atoms with E-state index in [1.54, 1.807) is 0 Å². The lowest BCUT2D eigenvalue weighted by Crippen LogP contribution is -2.40. The molecule has 1 saturated heterocycles. The first-order chi connectivity index (χ1) is 10.9. The molecule has 1 fully saturated rings. The van der Waals surface area contributed by atoms with Crippen molar-refractivity contribution in [2.45, 2.75) is 46.1 Å². The summed E-state index contributed by atoms with van der Waals surface area (Å²) in [6, 6.07) is 7.39. The second-order valence-corrected chi connectivity index (χ2v) is 7.58. The summed E-state index contributed by atoms with van der Waals surface area (Å²) >= 11 is 5.89. The fourth-order valence-corrected chi connectivity index (χ4v) is 3.16. The molecule has 0 aliphatic carbocycles. The first-order valence-corrected chi connectivity index (χ1v) is 8.97. The van der Waals surface area contributed by atoms with Crippen molar-refractivity contribution in [1.82, 2.24) is 4.90 Å². The van der Waals surface area contributed by atoms with Crippen molar-refractivity contribution in [2.24, 2.45) is 17.8 Å². The van der Waals surface area contributed by atoms with Gasteiger partial charge in [0.1, 0.15) is 0 Å². The molecule has 0 bridgehead atoms. The van der Waals surface area contributed by atoms with Gasteiger partial charge in [-0.05, 0) is 48.3 Å². The summed E-state index contributed by atoms with van der Waals surface area (Å²) in [4.78, 5) is 14.3. The van der Waals surface area contributed by atoms with Crippen molar-refractivity contribution < 1.29 is 9.90 Å². The van der Waals surface area contributed by atoms with E-state index in [1.165, 1.54) is 0 Å². The lowest BCUT2D eigenvalue weighted by atomic mass is 9.87. The zero-order valence-electron chi connectivity index (χ0n) is 14.3. The van der Waals surface area contributed by atoms with Crippen molar-refractivity contribution in [3.63, 3.8) is 0 Å². The Hall–Kier alpha value is -1.06. The predicted molar refractivity (Wildman–Crippen MR) is 94.3 cm³/mol. The van der Waals surface area contributed by atoms with E-state index in [0.717, 1.165) is 31.5 Å². The van der Waals surface area contributed by atoms with Crippen LogP contribution in [-0.2, 0) is 4.79 Å². The minimum Gasteiger partial charge on any atom is -0.388 e. The smallest absolute Gasteiger partial charge is 0.222 e. The number of hydrogen-bond acceptors (Lipinski definition) is 2. The second-order valence-electron chi connectivity index (χ2n) is 7.14. The number of carbonyl (C=O) groups is 1. The molecule has 0 saturated carbocycles. The molecule has 1 aromatic rings. The fourth-order valence-electron chi connectivity index (χ4n) is 3.04. The Balaban J connectivity index is 1.85. The van der Waals surface area contributed by atoms with Crippen molar-refractivity contribution in [3.8, 4) is 0 Å². The standard InChI is InChI=1S/C19H28ClNO2/c1-13(2)14(3)12-18(22)21-10-8-16(9-11-21)19(23)15-4-6-17(20)7-5-15/h4-7,13-14,16,19,23H,8-12H2,1-3H3. The number of rotatable bonds is 5. The summed E-state index contributed by atoms with van der Waals surface area (Å²) in [6.07, 6.45) is 1.86. The number of benzene rings is 1. The molecule has 1 aliphatic heterocycles. The van der Waals surface area contributed by atoms with Gasteiger partial charge in [0, 0.05) is 24.5 Å². The van der Waals surface area contributed by atoms with Crippen LogP contribution in [0.3, 0.4) is 0 Å². The molecule has 23 heavy (non-hydrogen) atoms. The largest absolute Gasteiger partial charge is 0.388 e. The van der Waals surface area contributed by atoms with Gasteiger partial charge in [0.25, 0.3) is 0 Å². The highest BCUT2D eigenvalue weighted by Gasteiger charge is 2.28. The zero-order chi connectivity index (χ0) is 17.0. The van der Waals surface area contributed by atoms with Crippen LogP contribution in [0.5, 0.6) is 0 Å². The van der Waals surface area contributed by atoms with Gasteiger partial charge in [0.05, 0.1) is 6.10 Å². The van der Waals surface area contributed by atoms with E-state index in [0.29, 0.717) is 23.3 Å². The maximum atomic E-state index is 12.3. The molecule has 2 rings (SSSR count). The number of aliphatic hydroxyl groups is 1. The van der Waals surface area contributed by atoms with E-state index in [4.69, 9.17) is 11.6 Å². The number of hydrogen-bond donors (Lipinski definition) is 1. The van der Waals surface area contributed by atoms with Gasteiger partial charge in [0.2, 0.25) is 5.91 Å². The molecule has 1 amide bonds. The summed E-state index contributed by atoms with van der Waals surface area (Å²) in [7, 11) is 0. The van der Waals surface area contributed by atoms with E-state index < -0.39 is 6.10 Å². The molecule has 1 aliphatic rings. The van der Waals surface area contributed by atoms with Gasteiger partial charge in [-0.15, -0.1) is 0 Å². The number of likely N-dealkylation sites (tertiary alicyclic amines) is 1. The Bertz CT molecular complexity index is 507. The van der Waals surface area contributed by atoms with Crippen molar-refractivity contribution in [2.75, 3.05) is 13.1 Å². The Morgan fingerprint density at radius 3 is 2.30 bits per heavy atom. The van der Waals surface area contributed by atoms with Crippen molar-refractivity contribution in [1.29, 1.82) is 0 Å². The van der Waals surface area contributed by atoms with Crippen LogP contribution in [0.1, 0.15) is 51.7 Å². The van der Waals surface area contributed by atoms with E-state index in [-0.39, 0.29) is 11.8 Å². The Kier molecular flexibility index (Phi) is 6.49. The van der Waals surface area contributed by atoms with Crippen LogP contribution >= 0.6 is 11.6 Å². The average molecular weight is 338 g/mol. The number of halogens is 1. The van der Waals surface area contributed by atoms with Crippen LogP contribution in [-0.4, -0.2) is 29.0 Å². The lowest BCUT2D eigenvalue weighted by Gasteiger charge is -2.35. The van der Waals surface area contributed by atoms with E-state index >= 15 is 0 Å².